The van der Waals surface area contributed by atoms with Crippen molar-refractivity contribution in [2.24, 2.45) is 5.92 Å². The molecule has 0 saturated heterocycles. The lowest BCUT2D eigenvalue weighted by molar-refractivity contribution is -0.126. The molecule has 1 aromatic carbocycles. The average Bonchev–Trinajstić information content (AvgIpc) is 2.55. The lowest BCUT2D eigenvalue weighted by Gasteiger charge is -2.28. The minimum atomic E-state index is -0.292. The SMILES string of the molecule is CCC(O)CCNC(=O)C1CCC(c2ccccc2)CC1. The molecule has 1 saturated carbocycles. The van der Waals surface area contributed by atoms with Gasteiger partial charge in [-0.25, -0.2) is 0 Å². The van der Waals surface area contributed by atoms with Crippen LogP contribution in [0.15, 0.2) is 30.3 Å². The van der Waals surface area contributed by atoms with E-state index in [1.165, 1.54) is 5.56 Å². The summed E-state index contributed by atoms with van der Waals surface area (Å²) in [6, 6.07) is 10.6. The van der Waals surface area contributed by atoms with Gasteiger partial charge in [-0.15, -0.1) is 0 Å². The Hall–Kier alpha value is -1.35. The third-order valence-corrected chi connectivity index (χ3v) is 4.62. The summed E-state index contributed by atoms with van der Waals surface area (Å²) in [7, 11) is 0. The number of hydrogen-bond acceptors (Lipinski definition) is 2. The van der Waals surface area contributed by atoms with E-state index in [2.05, 4.69) is 29.6 Å². The smallest absolute Gasteiger partial charge is 0.223 e. The number of aliphatic hydroxyl groups excluding tert-OH is 1. The zero-order valence-corrected chi connectivity index (χ0v) is 12.9. The molecule has 0 aliphatic heterocycles. The summed E-state index contributed by atoms with van der Waals surface area (Å²) in [6.07, 6.45) is 5.25. The Labute approximate surface area is 127 Å². The highest BCUT2D eigenvalue weighted by Gasteiger charge is 2.26. The van der Waals surface area contributed by atoms with Crippen LogP contribution in [0.2, 0.25) is 0 Å². The van der Waals surface area contributed by atoms with Gasteiger partial charge in [0, 0.05) is 12.5 Å². The summed E-state index contributed by atoms with van der Waals surface area (Å²) in [5.41, 5.74) is 1.41. The van der Waals surface area contributed by atoms with Crippen molar-refractivity contribution >= 4 is 5.91 Å². The van der Waals surface area contributed by atoms with E-state index in [0.717, 1.165) is 32.1 Å². The number of hydrogen-bond donors (Lipinski definition) is 2. The van der Waals surface area contributed by atoms with Crippen LogP contribution in [0, 0.1) is 5.92 Å². The summed E-state index contributed by atoms with van der Waals surface area (Å²) in [5, 5.41) is 12.5. The molecule has 116 valence electrons. The maximum atomic E-state index is 12.1. The van der Waals surface area contributed by atoms with Gasteiger partial charge in [0.2, 0.25) is 5.91 Å². The van der Waals surface area contributed by atoms with E-state index in [0.29, 0.717) is 18.9 Å². The second-order valence-electron chi connectivity index (χ2n) is 6.10. The van der Waals surface area contributed by atoms with Gasteiger partial charge in [-0.2, -0.15) is 0 Å². The third kappa shape index (κ3) is 4.85. The van der Waals surface area contributed by atoms with Crippen molar-refractivity contribution in [3.63, 3.8) is 0 Å². The van der Waals surface area contributed by atoms with Crippen LogP contribution in [0.1, 0.15) is 56.9 Å². The third-order valence-electron chi connectivity index (χ3n) is 4.62. The first-order valence-electron chi connectivity index (χ1n) is 8.21. The van der Waals surface area contributed by atoms with Crippen LogP contribution in [-0.2, 0) is 4.79 Å². The Morgan fingerprint density at radius 1 is 1.24 bits per heavy atom. The van der Waals surface area contributed by atoms with Crippen molar-refractivity contribution in [3.05, 3.63) is 35.9 Å². The summed E-state index contributed by atoms with van der Waals surface area (Å²) in [5.74, 6) is 0.936. The largest absolute Gasteiger partial charge is 0.393 e. The molecule has 0 heterocycles. The van der Waals surface area contributed by atoms with E-state index in [1.54, 1.807) is 0 Å². The van der Waals surface area contributed by atoms with Crippen LogP contribution in [0.4, 0.5) is 0 Å². The molecule has 0 spiro atoms. The lowest BCUT2D eigenvalue weighted by atomic mass is 9.78. The fraction of sp³-hybridized carbons (Fsp3) is 0.611. The molecule has 1 aliphatic carbocycles. The Bertz CT molecular complexity index is 424. The van der Waals surface area contributed by atoms with Crippen molar-refractivity contribution in [1.82, 2.24) is 5.32 Å². The molecule has 1 fully saturated rings. The first-order chi connectivity index (χ1) is 10.2. The van der Waals surface area contributed by atoms with Crippen LogP contribution in [0.25, 0.3) is 0 Å². The molecular weight excluding hydrogens is 262 g/mol. The van der Waals surface area contributed by atoms with Crippen molar-refractivity contribution in [1.29, 1.82) is 0 Å². The molecule has 21 heavy (non-hydrogen) atoms. The van der Waals surface area contributed by atoms with Gasteiger partial charge in [-0.05, 0) is 50.0 Å². The summed E-state index contributed by atoms with van der Waals surface area (Å²) < 4.78 is 0. The number of aliphatic hydroxyl groups is 1. The van der Waals surface area contributed by atoms with Gasteiger partial charge >= 0.3 is 0 Å². The molecule has 1 aromatic rings. The molecule has 0 radical (unpaired) electrons. The second kappa shape index (κ2) is 8.18. The predicted octanol–water partition coefficient (Wildman–Crippen LogP) is 3.24. The Morgan fingerprint density at radius 2 is 1.90 bits per heavy atom. The zero-order chi connectivity index (χ0) is 15.1. The number of carbonyl (C=O) groups excluding carboxylic acids is 1. The molecule has 1 aliphatic rings. The predicted molar refractivity (Wildman–Crippen MR) is 85.1 cm³/mol. The Kier molecular flexibility index (Phi) is 6.24. The number of amides is 1. The molecule has 2 N–H and O–H groups in total. The number of rotatable bonds is 6. The number of nitrogens with one attached hydrogen (secondary N) is 1. The lowest BCUT2D eigenvalue weighted by Crippen LogP contribution is -2.34. The van der Waals surface area contributed by atoms with Gasteiger partial charge in [0.15, 0.2) is 0 Å². The highest BCUT2D eigenvalue weighted by molar-refractivity contribution is 5.78. The van der Waals surface area contributed by atoms with Crippen LogP contribution in [0.3, 0.4) is 0 Å². The van der Waals surface area contributed by atoms with E-state index in [1.807, 2.05) is 13.0 Å². The molecular formula is C18H27NO2. The van der Waals surface area contributed by atoms with Crippen LogP contribution in [0.5, 0.6) is 0 Å². The molecule has 1 amide bonds. The van der Waals surface area contributed by atoms with Gasteiger partial charge in [-0.3, -0.25) is 4.79 Å². The highest BCUT2D eigenvalue weighted by Crippen LogP contribution is 2.35. The fourth-order valence-electron chi connectivity index (χ4n) is 3.12. The summed E-state index contributed by atoms with van der Waals surface area (Å²) in [6.45, 7) is 2.55. The van der Waals surface area contributed by atoms with E-state index in [4.69, 9.17) is 0 Å². The fourth-order valence-corrected chi connectivity index (χ4v) is 3.12. The molecule has 3 nitrogen and oxygen atoms in total. The standard InChI is InChI=1S/C18H27NO2/c1-2-17(20)12-13-19-18(21)16-10-8-15(9-11-16)14-6-4-3-5-7-14/h3-7,15-17,20H,2,8-13H2,1H3,(H,19,21). The molecule has 3 heteroatoms. The first kappa shape index (κ1) is 16.0. The minimum Gasteiger partial charge on any atom is -0.393 e. The maximum Gasteiger partial charge on any atom is 0.223 e. The highest BCUT2D eigenvalue weighted by atomic mass is 16.3. The van der Waals surface area contributed by atoms with Gasteiger partial charge < -0.3 is 10.4 Å². The number of carbonyl (C=O) groups is 1. The monoisotopic (exact) mass is 289 g/mol. The topological polar surface area (TPSA) is 49.3 Å². The molecule has 2 rings (SSSR count). The maximum absolute atomic E-state index is 12.1. The first-order valence-corrected chi connectivity index (χ1v) is 8.21. The van der Waals surface area contributed by atoms with Crippen molar-refractivity contribution < 1.29 is 9.90 Å². The van der Waals surface area contributed by atoms with Gasteiger partial charge in [0.05, 0.1) is 6.10 Å². The molecule has 1 atom stereocenters. The normalized spacial score (nSPS) is 23.5. The van der Waals surface area contributed by atoms with E-state index >= 15 is 0 Å². The van der Waals surface area contributed by atoms with Crippen molar-refractivity contribution in [3.8, 4) is 0 Å². The summed E-state index contributed by atoms with van der Waals surface area (Å²) >= 11 is 0. The van der Waals surface area contributed by atoms with Gasteiger partial charge in [-0.1, -0.05) is 37.3 Å². The van der Waals surface area contributed by atoms with E-state index in [-0.39, 0.29) is 17.9 Å². The van der Waals surface area contributed by atoms with Gasteiger partial charge in [0.1, 0.15) is 0 Å². The zero-order valence-electron chi connectivity index (χ0n) is 12.9. The van der Waals surface area contributed by atoms with Gasteiger partial charge in [0.25, 0.3) is 0 Å². The van der Waals surface area contributed by atoms with Crippen LogP contribution in [-0.4, -0.2) is 23.7 Å². The van der Waals surface area contributed by atoms with E-state index < -0.39 is 0 Å². The number of benzene rings is 1. The van der Waals surface area contributed by atoms with Crippen molar-refractivity contribution in [2.75, 3.05) is 6.54 Å². The van der Waals surface area contributed by atoms with E-state index in [9.17, 15) is 9.90 Å². The Morgan fingerprint density at radius 3 is 2.52 bits per heavy atom. The quantitative estimate of drug-likeness (QED) is 0.844. The molecule has 0 aromatic heterocycles. The Balaban J connectivity index is 1.72. The summed E-state index contributed by atoms with van der Waals surface area (Å²) in [4.78, 5) is 12.1. The molecule has 0 bridgehead atoms. The second-order valence-corrected chi connectivity index (χ2v) is 6.10. The van der Waals surface area contributed by atoms with Crippen LogP contribution < -0.4 is 5.32 Å². The minimum absolute atomic E-state index is 0.156. The van der Waals surface area contributed by atoms with Crippen LogP contribution >= 0.6 is 0 Å². The molecule has 1 unspecified atom stereocenters. The van der Waals surface area contributed by atoms with Crippen molar-refractivity contribution in [2.45, 2.75) is 57.5 Å². The average molecular weight is 289 g/mol.